The van der Waals surface area contributed by atoms with Gasteiger partial charge in [-0.3, -0.25) is 9.59 Å². The van der Waals surface area contributed by atoms with Crippen molar-refractivity contribution in [2.24, 2.45) is 4.99 Å². The molecule has 0 saturated carbocycles. The lowest BCUT2D eigenvalue weighted by atomic mass is 10.1. The zero-order chi connectivity index (χ0) is 17.3. The summed E-state index contributed by atoms with van der Waals surface area (Å²) in [6, 6.07) is 5.31. The first kappa shape index (κ1) is 17.1. The molecule has 1 aromatic carbocycles. The quantitative estimate of drug-likeness (QED) is 0.577. The molecule has 6 nitrogen and oxygen atoms in total. The van der Waals surface area contributed by atoms with Gasteiger partial charge in [-0.05, 0) is 25.1 Å². The van der Waals surface area contributed by atoms with E-state index < -0.39 is 5.91 Å². The Labute approximate surface area is 153 Å². The summed E-state index contributed by atoms with van der Waals surface area (Å²) in [6.07, 6.45) is 0. The predicted octanol–water partition coefficient (Wildman–Crippen LogP) is 1.63. The van der Waals surface area contributed by atoms with Crippen molar-refractivity contribution in [1.29, 1.82) is 0 Å². The average Bonchev–Trinajstić information content (AvgIpc) is 3.04. The fourth-order valence-electron chi connectivity index (χ4n) is 2.15. The van der Waals surface area contributed by atoms with Crippen molar-refractivity contribution in [2.45, 2.75) is 11.3 Å². The second kappa shape index (κ2) is 7.04. The summed E-state index contributed by atoms with van der Waals surface area (Å²) in [7, 11) is 0. The van der Waals surface area contributed by atoms with E-state index in [2.05, 4.69) is 25.9 Å². The van der Waals surface area contributed by atoms with Gasteiger partial charge in [0.2, 0.25) is 5.88 Å². The number of aromatic hydroxyl groups is 1. The van der Waals surface area contributed by atoms with Crippen LogP contribution in [0.5, 0.6) is 5.88 Å². The van der Waals surface area contributed by atoms with E-state index >= 15 is 0 Å². The number of rotatable bonds is 5. The van der Waals surface area contributed by atoms with Crippen molar-refractivity contribution in [1.82, 2.24) is 4.98 Å². The number of halogens is 1. The number of amides is 1. The van der Waals surface area contributed by atoms with Crippen LogP contribution in [0.25, 0.3) is 5.57 Å². The number of benzene rings is 1. The Morgan fingerprint density at radius 1 is 1.46 bits per heavy atom. The molecule has 3 rings (SSSR count). The van der Waals surface area contributed by atoms with Crippen LogP contribution in [-0.2, 0) is 14.3 Å². The molecule has 0 radical (unpaired) electrons. The van der Waals surface area contributed by atoms with Crippen LogP contribution in [0, 0.1) is 0 Å². The topological polar surface area (TPSA) is 88.8 Å². The molecule has 2 aromatic rings. The monoisotopic (exact) mass is 426 g/mol. The van der Waals surface area contributed by atoms with Gasteiger partial charge in [0.1, 0.15) is 4.88 Å². The van der Waals surface area contributed by atoms with E-state index in [4.69, 9.17) is 4.74 Å². The highest BCUT2D eigenvalue weighted by Gasteiger charge is 2.25. The summed E-state index contributed by atoms with van der Waals surface area (Å²) in [4.78, 5) is 32.0. The highest BCUT2D eigenvalue weighted by atomic mass is 79.9. The van der Waals surface area contributed by atoms with Gasteiger partial charge in [0.25, 0.3) is 5.91 Å². The summed E-state index contributed by atoms with van der Waals surface area (Å²) in [5, 5.41) is 11.3. The SMILES string of the molecule is CCOC(=O)CSc1nc(O)c(C2=c3cc(Br)ccc3=NC2=O)s1. The zero-order valence-corrected chi connectivity index (χ0v) is 15.6. The first-order chi connectivity index (χ1) is 11.5. The Balaban J connectivity index is 1.96. The van der Waals surface area contributed by atoms with Crippen molar-refractivity contribution in [3.05, 3.63) is 38.1 Å². The highest BCUT2D eigenvalue weighted by Crippen LogP contribution is 2.36. The number of aromatic nitrogens is 1. The van der Waals surface area contributed by atoms with Crippen LogP contribution in [-0.4, -0.2) is 34.3 Å². The van der Waals surface area contributed by atoms with Crippen LogP contribution in [0.4, 0.5) is 0 Å². The Morgan fingerprint density at radius 3 is 3.00 bits per heavy atom. The van der Waals surface area contributed by atoms with Crippen molar-refractivity contribution in [3.8, 4) is 5.88 Å². The summed E-state index contributed by atoms with van der Waals surface area (Å²) in [5.41, 5.74) is 0.323. The Bertz CT molecular complexity index is 955. The van der Waals surface area contributed by atoms with Gasteiger partial charge in [0, 0.05) is 9.69 Å². The normalized spacial score (nSPS) is 12.9. The number of carbonyl (C=O) groups excluding carboxylic acids is 2. The maximum Gasteiger partial charge on any atom is 0.316 e. The van der Waals surface area contributed by atoms with E-state index in [1.807, 2.05) is 0 Å². The van der Waals surface area contributed by atoms with E-state index in [-0.39, 0.29) is 17.6 Å². The van der Waals surface area contributed by atoms with Crippen LogP contribution < -0.4 is 10.6 Å². The van der Waals surface area contributed by atoms with Crippen molar-refractivity contribution < 1.29 is 19.4 Å². The number of fused-ring (bicyclic) bond motifs is 1. The number of ether oxygens (including phenoxy) is 1. The smallest absolute Gasteiger partial charge is 0.316 e. The first-order valence-electron chi connectivity index (χ1n) is 6.91. The van der Waals surface area contributed by atoms with Crippen molar-refractivity contribution >= 4 is 56.5 Å². The molecule has 0 bridgehead atoms. The molecule has 1 aliphatic rings. The number of thioether (sulfide) groups is 1. The maximum absolute atomic E-state index is 12.2. The fraction of sp³-hybridized carbons (Fsp3) is 0.200. The van der Waals surface area contributed by atoms with Crippen molar-refractivity contribution in [2.75, 3.05) is 12.4 Å². The van der Waals surface area contributed by atoms with Gasteiger partial charge in [0.15, 0.2) is 4.34 Å². The molecule has 0 fully saturated rings. The molecule has 0 spiro atoms. The second-order valence-electron chi connectivity index (χ2n) is 4.68. The third-order valence-electron chi connectivity index (χ3n) is 3.10. The van der Waals surface area contributed by atoms with E-state index in [1.165, 1.54) is 0 Å². The van der Waals surface area contributed by atoms with Crippen LogP contribution in [0.15, 0.2) is 32.0 Å². The molecule has 124 valence electrons. The molecule has 1 aromatic heterocycles. The standard InChI is InChI=1S/C15H11BrN2O4S2/c1-2-22-10(19)6-23-15-18-14(21)12(24-15)11-8-5-7(16)3-4-9(8)17-13(11)20/h3-5,21H,2,6H2,1H3. The van der Waals surface area contributed by atoms with Gasteiger partial charge >= 0.3 is 5.97 Å². The van der Waals surface area contributed by atoms with E-state index in [9.17, 15) is 14.7 Å². The van der Waals surface area contributed by atoms with Crippen LogP contribution in [0.1, 0.15) is 11.8 Å². The number of nitrogens with zero attached hydrogens (tertiary/aromatic N) is 2. The average molecular weight is 427 g/mol. The maximum atomic E-state index is 12.2. The summed E-state index contributed by atoms with van der Waals surface area (Å²) in [5.74, 6) is -0.912. The molecule has 1 amide bonds. The molecular formula is C15H11BrN2O4S2. The molecule has 9 heteroatoms. The molecule has 0 atom stereocenters. The van der Waals surface area contributed by atoms with Gasteiger partial charge < -0.3 is 9.84 Å². The lowest BCUT2D eigenvalue weighted by molar-refractivity contribution is -0.139. The van der Waals surface area contributed by atoms with Crippen LogP contribution >= 0.6 is 39.0 Å². The lowest BCUT2D eigenvalue weighted by Gasteiger charge is -1.98. The van der Waals surface area contributed by atoms with Gasteiger partial charge in [-0.15, -0.1) is 11.3 Å². The molecule has 0 unspecified atom stereocenters. The second-order valence-corrected chi connectivity index (χ2v) is 7.82. The number of hydrogen-bond acceptors (Lipinski definition) is 7. The summed E-state index contributed by atoms with van der Waals surface area (Å²) >= 11 is 5.67. The van der Waals surface area contributed by atoms with E-state index in [0.717, 1.165) is 27.6 Å². The molecule has 0 saturated heterocycles. The first-order valence-corrected chi connectivity index (χ1v) is 9.50. The third kappa shape index (κ3) is 3.38. The van der Waals surface area contributed by atoms with Gasteiger partial charge in [-0.25, -0.2) is 4.99 Å². The molecule has 24 heavy (non-hydrogen) atoms. The molecular weight excluding hydrogens is 416 g/mol. The van der Waals surface area contributed by atoms with Crippen molar-refractivity contribution in [3.63, 3.8) is 0 Å². The minimum atomic E-state index is -0.413. The number of hydrogen-bond donors (Lipinski definition) is 1. The Kier molecular flexibility index (Phi) is 5.02. The number of esters is 1. The Morgan fingerprint density at radius 2 is 2.25 bits per heavy atom. The molecule has 1 N–H and O–H groups in total. The van der Waals surface area contributed by atoms with E-state index in [0.29, 0.717) is 32.0 Å². The predicted molar refractivity (Wildman–Crippen MR) is 93.6 cm³/mol. The highest BCUT2D eigenvalue weighted by molar-refractivity contribution is 9.10. The third-order valence-corrected chi connectivity index (χ3v) is 5.77. The lowest BCUT2D eigenvalue weighted by Crippen LogP contribution is -2.22. The van der Waals surface area contributed by atoms with Gasteiger partial charge in [0.05, 0.1) is 23.3 Å². The van der Waals surface area contributed by atoms with E-state index in [1.54, 1.807) is 25.1 Å². The number of thiazole rings is 1. The molecule has 0 aliphatic carbocycles. The van der Waals surface area contributed by atoms with Gasteiger partial charge in [-0.2, -0.15) is 4.98 Å². The van der Waals surface area contributed by atoms with Crippen LogP contribution in [0.3, 0.4) is 0 Å². The summed E-state index contributed by atoms with van der Waals surface area (Å²) < 4.78 is 6.15. The molecule has 2 heterocycles. The van der Waals surface area contributed by atoms with Gasteiger partial charge in [-0.1, -0.05) is 27.7 Å². The summed E-state index contributed by atoms with van der Waals surface area (Å²) in [6.45, 7) is 2.05. The zero-order valence-electron chi connectivity index (χ0n) is 12.4. The Hall–Kier alpha value is -1.71. The molecule has 1 aliphatic heterocycles. The minimum Gasteiger partial charge on any atom is -0.492 e. The van der Waals surface area contributed by atoms with Crippen LogP contribution in [0.2, 0.25) is 0 Å². The minimum absolute atomic E-state index is 0.0933. The number of carbonyl (C=O) groups is 2. The largest absolute Gasteiger partial charge is 0.492 e. The fourth-order valence-corrected chi connectivity index (χ4v) is 4.39.